The summed E-state index contributed by atoms with van der Waals surface area (Å²) in [6.07, 6.45) is 1.08. The number of amides is 1. The molecule has 0 saturated carbocycles. The summed E-state index contributed by atoms with van der Waals surface area (Å²) < 4.78 is 30.9. The molecular weight excluding hydrogens is 352 g/mol. The Morgan fingerprint density at radius 1 is 1.19 bits per heavy atom. The van der Waals surface area contributed by atoms with E-state index in [2.05, 4.69) is 5.32 Å². The number of sulfonamides is 1. The van der Waals surface area contributed by atoms with Gasteiger partial charge in [-0.15, -0.1) is 0 Å². The molecule has 1 atom stereocenters. The molecule has 140 valence electrons. The Morgan fingerprint density at radius 2 is 1.88 bits per heavy atom. The number of carbonyl (C=O) groups is 1. The van der Waals surface area contributed by atoms with Gasteiger partial charge in [0.15, 0.2) is 0 Å². The number of nitrogens with one attached hydrogen (secondary N) is 1. The van der Waals surface area contributed by atoms with E-state index < -0.39 is 16.1 Å². The van der Waals surface area contributed by atoms with Crippen LogP contribution in [0.3, 0.4) is 0 Å². The van der Waals surface area contributed by atoms with Crippen LogP contribution in [-0.4, -0.2) is 33.7 Å². The number of nitrogens with zero attached hydrogens (tertiary/aromatic N) is 1. The molecule has 1 N–H and O–H groups in total. The third-order valence-electron chi connectivity index (χ3n) is 3.95. The highest BCUT2D eigenvalue weighted by Gasteiger charge is 2.29. The molecule has 0 saturated heterocycles. The Hall–Kier alpha value is -2.54. The van der Waals surface area contributed by atoms with Crippen molar-refractivity contribution in [2.24, 2.45) is 0 Å². The molecule has 1 amide bonds. The standard InChI is InChI=1S/C19H24N2O4S/c1-14-7-5-8-16(11-14)13-20-19(22)15(2)21(26(4,23)24)17-9-6-10-18(12-17)25-3/h5-12,15H,13H2,1-4H3,(H,20,22)/t15-/m0/s1. The van der Waals surface area contributed by atoms with Gasteiger partial charge in [-0.2, -0.15) is 0 Å². The molecule has 0 aliphatic carbocycles. The minimum Gasteiger partial charge on any atom is -0.497 e. The van der Waals surface area contributed by atoms with Crippen molar-refractivity contribution in [2.75, 3.05) is 17.7 Å². The van der Waals surface area contributed by atoms with Crippen LogP contribution < -0.4 is 14.4 Å². The summed E-state index contributed by atoms with van der Waals surface area (Å²) in [6, 6.07) is 13.5. The van der Waals surface area contributed by atoms with Gasteiger partial charge in [0.2, 0.25) is 15.9 Å². The van der Waals surface area contributed by atoms with Crippen molar-refractivity contribution in [1.82, 2.24) is 5.32 Å². The average molecular weight is 376 g/mol. The number of methoxy groups -OCH3 is 1. The molecule has 2 aromatic rings. The van der Waals surface area contributed by atoms with Gasteiger partial charge in [-0.3, -0.25) is 9.10 Å². The van der Waals surface area contributed by atoms with Gasteiger partial charge in [0.1, 0.15) is 11.8 Å². The smallest absolute Gasteiger partial charge is 0.243 e. The minimum absolute atomic E-state index is 0.334. The van der Waals surface area contributed by atoms with Crippen molar-refractivity contribution in [1.29, 1.82) is 0 Å². The first-order valence-corrected chi connectivity index (χ1v) is 10.0. The second-order valence-electron chi connectivity index (χ2n) is 6.14. The largest absolute Gasteiger partial charge is 0.497 e. The van der Waals surface area contributed by atoms with Crippen molar-refractivity contribution >= 4 is 21.6 Å². The minimum atomic E-state index is -3.66. The highest BCUT2D eigenvalue weighted by molar-refractivity contribution is 7.92. The fraction of sp³-hybridized carbons (Fsp3) is 0.316. The van der Waals surface area contributed by atoms with Crippen LogP contribution in [0.1, 0.15) is 18.1 Å². The molecule has 7 heteroatoms. The van der Waals surface area contributed by atoms with Crippen LogP contribution in [0.4, 0.5) is 5.69 Å². The molecule has 0 fully saturated rings. The van der Waals surface area contributed by atoms with Crippen LogP contribution in [-0.2, 0) is 21.4 Å². The van der Waals surface area contributed by atoms with E-state index in [9.17, 15) is 13.2 Å². The van der Waals surface area contributed by atoms with E-state index in [0.717, 1.165) is 21.7 Å². The number of benzene rings is 2. The summed E-state index contributed by atoms with van der Waals surface area (Å²) in [5.41, 5.74) is 2.43. The quantitative estimate of drug-likeness (QED) is 0.805. The summed E-state index contributed by atoms with van der Waals surface area (Å²) in [4.78, 5) is 12.6. The topological polar surface area (TPSA) is 75.7 Å². The second kappa shape index (κ2) is 8.23. The number of ether oxygens (including phenoxy) is 1. The molecule has 0 heterocycles. The Labute approximate surface area is 154 Å². The van der Waals surface area contributed by atoms with E-state index >= 15 is 0 Å². The fourth-order valence-electron chi connectivity index (χ4n) is 2.72. The summed E-state index contributed by atoms with van der Waals surface area (Å²) in [7, 11) is -2.16. The molecule has 0 aliphatic rings. The first-order chi connectivity index (χ1) is 12.2. The summed E-state index contributed by atoms with van der Waals surface area (Å²) in [6.45, 7) is 3.87. The number of anilines is 1. The molecule has 0 radical (unpaired) electrons. The van der Waals surface area contributed by atoms with Crippen molar-refractivity contribution in [3.8, 4) is 5.75 Å². The number of hydrogen-bond donors (Lipinski definition) is 1. The van der Waals surface area contributed by atoms with E-state index in [-0.39, 0.29) is 5.91 Å². The van der Waals surface area contributed by atoms with Crippen LogP contribution in [0.15, 0.2) is 48.5 Å². The predicted molar refractivity (Wildman–Crippen MR) is 103 cm³/mol. The fourth-order valence-corrected chi connectivity index (χ4v) is 3.88. The maximum atomic E-state index is 12.6. The average Bonchev–Trinajstić information content (AvgIpc) is 2.58. The lowest BCUT2D eigenvalue weighted by Crippen LogP contribution is -2.47. The maximum Gasteiger partial charge on any atom is 0.243 e. The third kappa shape index (κ3) is 4.98. The third-order valence-corrected chi connectivity index (χ3v) is 5.19. The van der Waals surface area contributed by atoms with Gasteiger partial charge in [0.25, 0.3) is 0 Å². The summed E-state index contributed by atoms with van der Waals surface area (Å²) in [5, 5.41) is 2.80. The highest BCUT2D eigenvalue weighted by Crippen LogP contribution is 2.25. The zero-order valence-electron chi connectivity index (χ0n) is 15.4. The highest BCUT2D eigenvalue weighted by atomic mass is 32.2. The van der Waals surface area contributed by atoms with Crippen LogP contribution in [0, 0.1) is 6.92 Å². The Morgan fingerprint density at radius 3 is 2.50 bits per heavy atom. The lowest BCUT2D eigenvalue weighted by Gasteiger charge is -2.28. The zero-order chi connectivity index (χ0) is 19.3. The molecule has 0 spiro atoms. The van der Waals surface area contributed by atoms with Gasteiger partial charge < -0.3 is 10.1 Å². The summed E-state index contributed by atoms with van der Waals surface area (Å²) in [5.74, 6) is 0.142. The zero-order valence-corrected chi connectivity index (χ0v) is 16.2. The van der Waals surface area contributed by atoms with Crippen LogP contribution >= 0.6 is 0 Å². The van der Waals surface area contributed by atoms with E-state index in [1.54, 1.807) is 31.2 Å². The molecule has 6 nitrogen and oxygen atoms in total. The van der Waals surface area contributed by atoms with Crippen molar-refractivity contribution in [2.45, 2.75) is 26.4 Å². The Kier molecular flexibility index (Phi) is 6.26. The number of carbonyl (C=O) groups excluding carboxylic acids is 1. The van der Waals surface area contributed by atoms with E-state index in [0.29, 0.717) is 18.0 Å². The molecule has 2 rings (SSSR count). The van der Waals surface area contributed by atoms with Crippen LogP contribution in [0.5, 0.6) is 5.75 Å². The number of aryl methyl sites for hydroxylation is 1. The van der Waals surface area contributed by atoms with E-state index in [1.165, 1.54) is 7.11 Å². The van der Waals surface area contributed by atoms with Crippen molar-refractivity contribution in [3.63, 3.8) is 0 Å². The first kappa shape index (κ1) is 19.8. The molecule has 0 aliphatic heterocycles. The lowest BCUT2D eigenvalue weighted by molar-refractivity contribution is -0.122. The van der Waals surface area contributed by atoms with Gasteiger partial charge in [-0.05, 0) is 31.5 Å². The van der Waals surface area contributed by atoms with Gasteiger partial charge in [0.05, 0.1) is 19.1 Å². The second-order valence-corrected chi connectivity index (χ2v) is 8.00. The van der Waals surface area contributed by atoms with E-state index in [1.807, 2.05) is 31.2 Å². The number of rotatable bonds is 7. The molecule has 26 heavy (non-hydrogen) atoms. The molecule has 0 unspecified atom stereocenters. The molecule has 0 aromatic heterocycles. The van der Waals surface area contributed by atoms with Crippen LogP contribution in [0.2, 0.25) is 0 Å². The lowest BCUT2D eigenvalue weighted by atomic mass is 10.1. The van der Waals surface area contributed by atoms with Crippen molar-refractivity contribution < 1.29 is 17.9 Å². The van der Waals surface area contributed by atoms with E-state index in [4.69, 9.17) is 4.74 Å². The van der Waals surface area contributed by atoms with Gasteiger partial charge in [-0.25, -0.2) is 8.42 Å². The normalized spacial score (nSPS) is 12.3. The van der Waals surface area contributed by atoms with Crippen molar-refractivity contribution in [3.05, 3.63) is 59.7 Å². The Bertz CT molecular complexity index is 881. The van der Waals surface area contributed by atoms with Gasteiger partial charge in [-0.1, -0.05) is 35.9 Å². The molecule has 0 bridgehead atoms. The van der Waals surface area contributed by atoms with Gasteiger partial charge in [0, 0.05) is 12.6 Å². The van der Waals surface area contributed by atoms with Gasteiger partial charge >= 0.3 is 0 Å². The SMILES string of the molecule is COc1cccc(N([C@@H](C)C(=O)NCc2cccc(C)c2)S(C)(=O)=O)c1. The van der Waals surface area contributed by atoms with Crippen LogP contribution in [0.25, 0.3) is 0 Å². The first-order valence-electron chi connectivity index (χ1n) is 8.19. The maximum absolute atomic E-state index is 12.6. The molecular formula is C19H24N2O4S. The number of hydrogen-bond acceptors (Lipinski definition) is 4. The molecule has 2 aromatic carbocycles. The Balaban J connectivity index is 2.20. The summed E-state index contributed by atoms with van der Waals surface area (Å²) >= 11 is 0. The predicted octanol–water partition coefficient (Wildman–Crippen LogP) is 2.47. The monoisotopic (exact) mass is 376 g/mol.